The van der Waals surface area contributed by atoms with Crippen molar-refractivity contribution in [3.63, 3.8) is 0 Å². The molecule has 0 bridgehead atoms. The first-order chi connectivity index (χ1) is 9.19. The minimum atomic E-state index is -0.455. The zero-order chi connectivity index (χ0) is 14.7. The number of aryl methyl sites for hydroxylation is 1. The van der Waals surface area contributed by atoms with Gasteiger partial charge in [0.15, 0.2) is 0 Å². The van der Waals surface area contributed by atoms with Crippen LogP contribution in [0.5, 0.6) is 0 Å². The first-order valence-corrected chi connectivity index (χ1v) is 7.09. The highest BCUT2D eigenvalue weighted by Gasteiger charge is 2.52. The van der Waals surface area contributed by atoms with Crippen LogP contribution in [0.1, 0.15) is 33.5 Å². The Morgan fingerprint density at radius 1 is 1.15 bits per heavy atom. The number of hydrogen-bond acceptors (Lipinski definition) is 3. The Bertz CT molecular complexity index is 665. The fraction of sp³-hybridized carbons (Fsp3) is 0.500. The van der Waals surface area contributed by atoms with Gasteiger partial charge < -0.3 is 14.3 Å². The number of benzene rings is 1. The standard InChI is InChI=1S/C14H18BClN2O2/c1-8-17-11-7-9(16)6-10(12(11)18-8)15-19-13(2,3)14(4,5)20-15/h6-7H,1-5H3,(H,17,18). The highest BCUT2D eigenvalue weighted by Crippen LogP contribution is 2.37. The lowest BCUT2D eigenvalue weighted by atomic mass is 9.78. The van der Waals surface area contributed by atoms with Crippen molar-refractivity contribution in [1.82, 2.24) is 9.97 Å². The topological polar surface area (TPSA) is 47.1 Å². The van der Waals surface area contributed by atoms with Crippen molar-refractivity contribution in [2.24, 2.45) is 0 Å². The van der Waals surface area contributed by atoms with Crippen molar-refractivity contribution < 1.29 is 9.31 Å². The van der Waals surface area contributed by atoms with Crippen molar-refractivity contribution in [3.05, 3.63) is 23.0 Å². The molecule has 1 N–H and O–H groups in total. The molecule has 0 aliphatic carbocycles. The number of nitrogens with zero attached hydrogens (tertiary/aromatic N) is 1. The van der Waals surface area contributed by atoms with Gasteiger partial charge in [-0.15, -0.1) is 0 Å². The van der Waals surface area contributed by atoms with Gasteiger partial charge in [0.25, 0.3) is 0 Å². The van der Waals surface area contributed by atoms with Crippen LogP contribution in [0.2, 0.25) is 5.02 Å². The number of halogens is 1. The van der Waals surface area contributed by atoms with Gasteiger partial charge in [-0.05, 0) is 46.8 Å². The molecule has 1 saturated heterocycles. The van der Waals surface area contributed by atoms with E-state index in [2.05, 4.69) is 9.97 Å². The average molecular weight is 293 g/mol. The molecular weight excluding hydrogens is 274 g/mol. The number of aromatic amines is 1. The molecule has 0 radical (unpaired) electrons. The molecule has 3 rings (SSSR count). The maximum Gasteiger partial charge on any atom is 0.497 e. The lowest BCUT2D eigenvalue weighted by Gasteiger charge is -2.32. The van der Waals surface area contributed by atoms with Crippen molar-refractivity contribution in [3.8, 4) is 0 Å². The normalized spacial score (nSPS) is 20.8. The molecule has 4 nitrogen and oxygen atoms in total. The summed E-state index contributed by atoms with van der Waals surface area (Å²) in [6, 6.07) is 3.73. The van der Waals surface area contributed by atoms with Crippen LogP contribution in [0.4, 0.5) is 0 Å². The van der Waals surface area contributed by atoms with E-state index in [1.165, 1.54) is 0 Å². The fourth-order valence-corrected chi connectivity index (χ4v) is 2.61. The summed E-state index contributed by atoms with van der Waals surface area (Å²) < 4.78 is 12.2. The lowest BCUT2D eigenvalue weighted by Crippen LogP contribution is -2.41. The predicted octanol–water partition coefficient (Wildman–Crippen LogP) is 2.82. The fourth-order valence-electron chi connectivity index (χ4n) is 2.38. The Morgan fingerprint density at radius 3 is 2.35 bits per heavy atom. The quantitative estimate of drug-likeness (QED) is 0.822. The molecule has 0 atom stereocenters. The van der Waals surface area contributed by atoms with Crippen LogP contribution in [0.25, 0.3) is 11.0 Å². The number of fused-ring (bicyclic) bond motifs is 1. The van der Waals surface area contributed by atoms with Crippen molar-refractivity contribution in [1.29, 1.82) is 0 Å². The number of rotatable bonds is 1. The second-order valence-corrected chi connectivity index (χ2v) is 6.74. The Hall–Kier alpha value is -1.04. The van der Waals surface area contributed by atoms with E-state index in [0.29, 0.717) is 5.02 Å². The van der Waals surface area contributed by atoms with E-state index in [9.17, 15) is 0 Å². The molecule has 2 heterocycles. The van der Waals surface area contributed by atoms with Gasteiger partial charge in [0, 0.05) is 10.5 Å². The molecule has 20 heavy (non-hydrogen) atoms. The molecule has 1 fully saturated rings. The highest BCUT2D eigenvalue weighted by molar-refractivity contribution is 6.65. The summed E-state index contributed by atoms with van der Waals surface area (Å²) >= 11 is 6.19. The zero-order valence-corrected chi connectivity index (χ0v) is 13.1. The smallest absolute Gasteiger partial charge is 0.399 e. The van der Waals surface area contributed by atoms with Gasteiger partial charge >= 0.3 is 7.12 Å². The van der Waals surface area contributed by atoms with Crippen LogP contribution in [-0.4, -0.2) is 28.3 Å². The van der Waals surface area contributed by atoms with E-state index in [1.54, 1.807) is 0 Å². The maximum absolute atomic E-state index is 6.19. The number of hydrogen-bond donors (Lipinski definition) is 1. The summed E-state index contributed by atoms with van der Waals surface area (Å²) in [6.45, 7) is 10.0. The first kappa shape index (κ1) is 13.9. The third kappa shape index (κ3) is 2.05. The maximum atomic E-state index is 6.19. The van der Waals surface area contributed by atoms with Crippen LogP contribution in [0.3, 0.4) is 0 Å². The summed E-state index contributed by atoms with van der Waals surface area (Å²) in [4.78, 5) is 7.72. The van der Waals surface area contributed by atoms with Crippen LogP contribution in [0.15, 0.2) is 12.1 Å². The largest absolute Gasteiger partial charge is 0.497 e. The zero-order valence-electron chi connectivity index (χ0n) is 12.4. The second kappa shape index (κ2) is 4.23. The summed E-state index contributed by atoms with van der Waals surface area (Å²) in [5, 5.41) is 0.644. The molecule has 0 unspecified atom stereocenters. The summed E-state index contributed by atoms with van der Waals surface area (Å²) in [6.07, 6.45) is 0. The minimum absolute atomic E-state index is 0.377. The Kier molecular flexibility index (Phi) is 2.94. The van der Waals surface area contributed by atoms with E-state index in [1.807, 2.05) is 46.8 Å². The molecule has 1 aromatic heterocycles. The van der Waals surface area contributed by atoms with Gasteiger partial charge in [-0.25, -0.2) is 4.98 Å². The molecule has 0 saturated carbocycles. The summed E-state index contributed by atoms with van der Waals surface area (Å²) in [5.74, 6) is 0.847. The van der Waals surface area contributed by atoms with E-state index in [-0.39, 0.29) is 11.2 Å². The summed E-state index contributed by atoms with van der Waals surface area (Å²) in [5.41, 5.74) is 1.87. The van der Waals surface area contributed by atoms with E-state index < -0.39 is 7.12 Å². The Balaban J connectivity index is 2.12. The monoisotopic (exact) mass is 292 g/mol. The average Bonchev–Trinajstić information content (AvgIpc) is 2.75. The minimum Gasteiger partial charge on any atom is -0.399 e. The van der Waals surface area contributed by atoms with Gasteiger partial charge in [0.1, 0.15) is 5.82 Å². The Labute approximate surface area is 124 Å². The lowest BCUT2D eigenvalue weighted by molar-refractivity contribution is 0.00578. The van der Waals surface area contributed by atoms with Gasteiger partial charge in [-0.2, -0.15) is 0 Å². The molecule has 6 heteroatoms. The number of H-pyrrole nitrogens is 1. The Morgan fingerprint density at radius 2 is 1.75 bits per heavy atom. The molecule has 0 spiro atoms. The van der Waals surface area contributed by atoms with Crippen molar-refractivity contribution >= 4 is 35.2 Å². The summed E-state index contributed by atoms with van der Waals surface area (Å²) in [7, 11) is -0.455. The van der Waals surface area contributed by atoms with Crippen LogP contribution in [-0.2, 0) is 9.31 Å². The van der Waals surface area contributed by atoms with Gasteiger partial charge in [-0.1, -0.05) is 11.6 Å². The molecule has 0 amide bonds. The van der Waals surface area contributed by atoms with Gasteiger partial charge in [-0.3, -0.25) is 0 Å². The van der Waals surface area contributed by atoms with Gasteiger partial charge in [0.2, 0.25) is 0 Å². The van der Waals surface area contributed by atoms with E-state index in [4.69, 9.17) is 20.9 Å². The van der Waals surface area contributed by atoms with Crippen LogP contribution < -0.4 is 5.46 Å². The molecular formula is C14H18BClN2O2. The number of nitrogens with one attached hydrogen (secondary N) is 1. The van der Waals surface area contributed by atoms with E-state index >= 15 is 0 Å². The molecule has 1 aliphatic rings. The number of aromatic nitrogens is 2. The molecule has 2 aromatic rings. The van der Waals surface area contributed by atoms with E-state index in [0.717, 1.165) is 22.3 Å². The molecule has 1 aliphatic heterocycles. The van der Waals surface area contributed by atoms with Crippen LogP contribution in [0, 0.1) is 6.92 Å². The van der Waals surface area contributed by atoms with Crippen molar-refractivity contribution in [2.75, 3.05) is 0 Å². The second-order valence-electron chi connectivity index (χ2n) is 6.30. The SMILES string of the molecule is Cc1nc2c(B3OC(C)(C)C(C)(C)O3)cc(Cl)cc2[nH]1. The number of imidazole rings is 1. The third-order valence-electron chi connectivity index (χ3n) is 4.21. The highest BCUT2D eigenvalue weighted by atomic mass is 35.5. The third-order valence-corrected chi connectivity index (χ3v) is 4.42. The van der Waals surface area contributed by atoms with Gasteiger partial charge in [0.05, 0.1) is 22.2 Å². The first-order valence-electron chi connectivity index (χ1n) is 6.71. The predicted molar refractivity (Wildman–Crippen MR) is 81.6 cm³/mol. The molecule has 106 valence electrons. The molecule has 1 aromatic carbocycles. The van der Waals surface area contributed by atoms with Crippen molar-refractivity contribution in [2.45, 2.75) is 45.8 Å². The van der Waals surface area contributed by atoms with Crippen LogP contribution >= 0.6 is 11.6 Å².